The Morgan fingerprint density at radius 3 is 2.60 bits per heavy atom. The number of aromatic nitrogens is 1. The lowest BCUT2D eigenvalue weighted by Gasteiger charge is -2.14. The number of carbonyl (C=O) groups excluding carboxylic acids is 1. The predicted octanol–water partition coefficient (Wildman–Crippen LogP) is 0.699. The van der Waals surface area contributed by atoms with Crippen LogP contribution in [0.5, 0.6) is 0 Å². The second-order valence-electron chi connectivity index (χ2n) is 7.25. The largest absolute Gasteiger partial charge is 0.416 e. The average Bonchev–Trinajstić information content (AvgIpc) is 2.77. The molecule has 1 amide bonds. The first kappa shape index (κ1) is 27.7. The summed E-state index contributed by atoms with van der Waals surface area (Å²) in [5.74, 6) is -1.28. The first-order valence-electron chi connectivity index (χ1n) is 10.1. The second-order valence-corrected chi connectivity index (χ2v) is 8.97. The number of alkyl halides is 3. The van der Waals surface area contributed by atoms with Crippen LogP contribution in [-0.2, 0) is 38.1 Å². The van der Waals surface area contributed by atoms with Gasteiger partial charge in [-0.1, -0.05) is 18.2 Å². The molecule has 0 bridgehead atoms. The number of anilines is 1. The lowest BCUT2D eigenvalue weighted by atomic mass is 10.1. The Balaban J connectivity index is 2.06. The molecule has 0 fully saturated rings. The molecule has 0 radical (unpaired) electrons. The minimum Gasteiger partial charge on any atom is -0.368 e. The number of nitrogens with one attached hydrogen (secondary N) is 3. The number of hydrogen-bond acceptors (Lipinski definition) is 6. The normalized spacial score (nSPS) is 12.3. The van der Waals surface area contributed by atoms with E-state index in [1.54, 1.807) is 6.92 Å². The van der Waals surface area contributed by atoms with Gasteiger partial charge in [-0.3, -0.25) is 24.1 Å². The van der Waals surface area contributed by atoms with Crippen molar-refractivity contribution >= 4 is 27.6 Å². The predicted molar refractivity (Wildman–Crippen MR) is 123 cm³/mol. The highest BCUT2D eigenvalue weighted by molar-refractivity contribution is 7.91. The van der Waals surface area contributed by atoms with Gasteiger partial charge in [0.25, 0.3) is 5.56 Å². The third-order valence-electron chi connectivity index (χ3n) is 4.51. The molecule has 0 aliphatic carbocycles. The zero-order valence-corrected chi connectivity index (χ0v) is 19.7. The summed E-state index contributed by atoms with van der Waals surface area (Å²) in [5, 5.41) is 2.52. The highest BCUT2D eigenvalue weighted by atomic mass is 32.2. The molecule has 1 heterocycles. The van der Waals surface area contributed by atoms with Gasteiger partial charge in [-0.25, -0.2) is 13.9 Å². The summed E-state index contributed by atoms with van der Waals surface area (Å²) in [6.07, 6.45) is -4.63. The number of nitrogens with zero attached hydrogens (tertiary/aromatic N) is 2. The van der Waals surface area contributed by atoms with E-state index < -0.39 is 45.5 Å². The maximum Gasteiger partial charge on any atom is 0.416 e. The van der Waals surface area contributed by atoms with Gasteiger partial charge >= 0.3 is 6.18 Å². The standard InChI is InChI=1S/C20H25F3N6O5S/c1-13-6-7-16(18(31)29(13)11-17(30)26-8-9-34-27-19(24)25-2)28-35(32,33)12-14-4-3-5-15(10-14)20(21,22)23/h3-7,10,28H,8-9,11-12H2,1-2H3,(H,26,30)(H3,24,25,27). The fourth-order valence-corrected chi connectivity index (χ4v) is 4.00. The number of rotatable bonds is 10. The number of amides is 1. The van der Waals surface area contributed by atoms with Crippen LogP contribution in [-0.4, -0.2) is 45.1 Å². The van der Waals surface area contributed by atoms with Crippen molar-refractivity contribution in [2.45, 2.75) is 25.4 Å². The number of hydrogen-bond donors (Lipinski definition) is 4. The summed E-state index contributed by atoms with van der Waals surface area (Å²) >= 11 is 0. The summed E-state index contributed by atoms with van der Waals surface area (Å²) < 4.78 is 66.8. The SMILES string of the molecule is CN=C(N)NOCCNC(=O)Cn1c(C)ccc(NS(=O)(=O)Cc2cccc(C(F)(F)F)c2)c1=O. The van der Waals surface area contributed by atoms with Crippen LogP contribution in [0.3, 0.4) is 0 Å². The third-order valence-corrected chi connectivity index (χ3v) is 5.76. The van der Waals surface area contributed by atoms with E-state index in [1.165, 1.54) is 25.2 Å². The van der Waals surface area contributed by atoms with Crippen LogP contribution in [0.25, 0.3) is 0 Å². The second kappa shape index (κ2) is 11.7. The molecule has 1 aromatic carbocycles. The van der Waals surface area contributed by atoms with E-state index in [0.717, 1.165) is 22.8 Å². The Kier molecular flexibility index (Phi) is 9.25. The number of carbonyl (C=O) groups is 1. The molecule has 11 nitrogen and oxygen atoms in total. The van der Waals surface area contributed by atoms with Gasteiger partial charge in [-0.05, 0) is 30.7 Å². The summed E-state index contributed by atoms with van der Waals surface area (Å²) in [5.41, 5.74) is 5.85. The Labute approximate surface area is 199 Å². The van der Waals surface area contributed by atoms with Crippen molar-refractivity contribution in [1.82, 2.24) is 15.4 Å². The van der Waals surface area contributed by atoms with Crippen LogP contribution in [0.15, 0.2) is 46.2 Å². The van der Waals surface area contributed by atoms with Gasteiger partial charge in [0.05, 0.1) is 17.9 Å². The molecule has 0 saturated carbocycles. The van der Waals surface area contributed by atoms with E-state index in [-0.39, 0.29) is 30.4 Å². The van der Waals surface area contributed by atoms with Crippen LogP contribution in [0.4, 0.5) is 18.9 Å². The summed E-state index contributed by atoms with van der Waals surface area (Å²) in [7, 11) is -2.78. The molecule has 0 saturated heterocycles. The molecule has 5 N–H and O–H groups in total. The Hall–Kier alpha value is -3.59. The zero-order chi connectivity index (χ0) is 26.2. The van der Waals surface area contributed by atoms with Crippen LogP contribution >= 0.6 is 0 Å². The number of halogens is 3. The van der Waals surface area contributed by atoms with Crippen molar-refractivity contribution in [1.29, 1.82) is 0 Å². The van der Waals surface area contributed by atoms with Gasteiger partial charge in [0.1, 0.15) is 12.2 Å². The molecule has 2 rings (SSSR count). The summed E-state index contributed by atoms with van der Waals surface area (Å²) in [4.78, 5) is 33.5. The lowest BCUT2D eigenvalue weighted by molar-refractivity contribution is -0.137. The minimum atomic E-state index is -4.63. The average molecular weight is 519 g/mol. The van der Waals surface area contributed by atoms with Gasteiger partial charge in [-0.2, -0.15) is 13.2 Å². The van der Waals surface area contributed by atoms with Crippen molar-refractivity contribution in [3.05, 3.63) is 63.6 Å². The molecule has 0 atom stereocenters. The van der Waals surface area contributed by atoms with Gasteiger partial charge in [0, 0.05) is 19.3 Å². The maximum atomic E-state index is 12.9. The van der Waals surface area contributed by atoms with Crippen molar-refractivity contribution < 1.29 is 31.2 Å². The van der Waals surface area contributed by atoms with Crippen molar-refractivity contribution in [2.24, 2.45) is 10.7 Å². The minimum absolute atomic E-state index is 0.0468. The van der Waals surface area contributed by atoms with Gasteiger partial charge in [0.15, 0.2) is 0 Å². The fraction of sp³-hybridized carbons (Fsp3) is 0.350. The fourth-order valence-electron chi connectivity index (χ4n) is 2.82. The van der Waals surface area contributed by atoms with E-state index in [9.17, 15) is 31.2 Å². The van der Waals surface area contributed by atoms with Crippen molar-refractivity contribution in [2.75, 3.05) is 24.9 Å². The Bertz CT molecular complexity index is 1240. The Morgan fingerprint density at radius 2 is 1.94 bits per heavy atom. The number of pyridine rings is 1. The molecule has 0 aliphatic heterocycles. The number of guanidine groups is 1. The van der Waals surface area contributed by atoms with Crippen molar-refractivity contribution in [3.63, 3.8) is 0 Å². The number of hydroxylamine groups is 1. The molecule has 192 valence electrons. The molecule has 1 aromatic heterocycles. The van der Waals surface area contributed by atoms with Crippen LogP contribution in [0.2, 0.25) is 0 Å². The molecule has 2 aromatic rings. The maximum absolute atomic E-state index is 12.9. The number of benzene rings is 1. The highest BCUT2D eigenvalue weighted by Gasteiger charge is 2.30. The van der Waals surface area contributed by atoms with Gasteiger partial charge < -0.3 is 15.6 Å². The quantitative estimate of drug-likeness (QED) is 0.156. The molecular weight excluding hydrogens is 493 g/mol. The van der Waals surface area contributed by atoms with Gasteiger partial charge in [-0.15, -0.1) is 0 Å². The monoisotopic (exact) mass is 518 g/mol. The van der Waals surface area contributed by atoms with Crippen molar-refractivity contribution in [3.8, 4) is 0 Å². The van der Waals surface area contributed by atoms with E-state index in [4.69, 9.17) is 10.6 Å². The van der Waals surface area contributed by atoms with Crippen LogP contribution < -0.4 is 26.8 Å². The number of aliphatic imine (C=N–C) groups is 1. The van der Waals surface area contributed by atoms with E-state index >= 15 is 0 Å². The Morgan fingerprint density at radius 1 is 1.23 bits per heavy atom. The van der Waals surface area contributed by atoms with E-state index in [0.29, 0.717) is 5.69 Å². The first-order valence-corrected chi connectivity index (χ1v) is 11.7. The first-order chi connectivity index (χ1) is 16.3. The summed E-state index contributed by atoms with van der Waals surface area (Å²) in [6.45, 7) is 1.28. The van der Waals surface area contributed by atoms with Crippen LogP contribution in [0, 0.1) is 6.92 Å². The van der Waals surface area contributed by atoms with E-state index in [2.05, 4.69) is 20.5 Å². The number of nitrogens with two attached hydrogens (primary N) is 1. The topological polar surface area (TPSA) is 157 Å². The third kappa shape index (κ3) is 8.60. The molecule has 0 aliphatic rings. The molecule has 35 heavy (non-hydrogen) atoms. The molecule has 15 heteroatoms. The summed E-state index contributed by atoms with van der Waals surface area (Å²) in [6, 6.07) is 6.52. The van der Waals surface area contributed by atoms with Crippen LogP contribution in [0.1, 0.15) is 16.8 Å². The zero-order valence-electron chi connectivity index (χ0n) is 18.8. The smallest absolute Gasteiger partial charge is 0.368 e. The number of sulfonamides is 1. The lowest BCUT2D eigenvalue weighted by Crippen LogP contribution is -2.38. The van der Waals surface area contributed by atoms with E-state index in [1.807, 2.05) is 0 Å². The van der Waals surface area contributed by atoms with Gasteiger partial charge in [0.2, 0.25) is 21.9 Å². The molecular formula is C20H25F3N6O5S. The molecule has 0 unspecified atom stereocenters. The number of aryl methyl sites for hydroxylation is 1. The highest BCUT2D eigenvalue weighted by Crippen LogP contribution is 2.29. The molecule has 0 spiro atoms.